The first-order valence-electron chi connectivity index (χ1n) is 5.22. The molecule has 72 valence electrons. The van der Waals surface area contributed by atoms with Crippen LogP contribution in [0.15, 0.2) is 11.5 Å². The zero-order valence-corrected chi connectivity index (χ0v) is 8.69. The summed E-state index contributed by atoms with van der Waals surface area (Å²) in [6.07, 6.45) is 9.25. The number of carbonyl (C=O) groups excluding carboxylic acids is 1. The van der Waals surface area contributed by atoms with Gasteiger partial charge in [0.05, 0.1) is 5.25 Å². The third-order valence-electron chi connectivity index (χ3n) is 3.01. The van der Waals surface area contributed by atoms with Gasteiger partial charge in [0, 0.05) is 5.92 Å². The maximum absolute atomic E-state index is 11.9. The topological polar surface area (TPSA) is 17.1 Å². The molecule has 0 aromatic heterocycles. The van der Waals surface area contributed by atoms with Crippen molar-refractivity contribution in [2.24, 2.45) is 5.92 Å². The van der Waals surface area contributed by atoms with E-state index >= 15 is 0 Å². The molecule has 13 heavy (non-hydrogen) atoms. The summed E-state index contributed by atoms with van der Waals surface area (Å²) in [6.45, 7) is 0. The highest BCUT2D eigenvalue weighted by molar-refractivity contribution is 8.03. The fourth-order valence-corrected chi connectivity index (χ4v) is 3.18. The molecule has 1 saturated carbocycles. The molecular weight excluding hydrogens is 180 g/mol. The molecule has 0 amide bonds. The lowest BCUT2D eigenvalue weighted by Crippen LogP contribution is -2.25. The van der Waals surface area contributed by atoms with Gasteiger partial charge in [0.25, 0.3) is 0 Å². The summed E-state index contributed by atoms with van der Waals surface area (Å²) in [5.74, 6) is 0.917. The molecule has 0 spiro atoms. The second kappa shape index (κ2) is 4.32. The van der Waals surface area contributed by atoms with Crippen LogP contribution in [0.1, 0.15) is 38.5 Å². The van der Waals surface area contributed by atoms with Crippen molar-refractivity contribution in [1.29, 1.82) is 0 Å². The van der Waals surface area contributed by atoms with Gasteiger partial charge in [-0.2, -0.15) is 0 Å². The molecule has 2 aliphatic rings. The molecule has 0 aromatic rings. The van der Waals surface area contributed by atoms with Crippen molar-refractivity contribution in [2.45, 2.75) is 43.8 Å². The molecule has 2 rings (SSSR count). The molecule has 0 N–H and O–H groups in total. The van der Waals surface area contributed by atoms with Crippen LogP contribution in [0, 0.1) is 5.92 Å². The Morgan fingerprint density at radius 3 is 2.62 bits per heavy atom. The molecule has 1 heterocycles. The molecule has 0 radical (unpaired) electrons. The molecule has 1 nitrogen and oxygen atoms in total. The summed E-state index contributed by atoms with van der Waals surface area (Å²) in [5.41, 5.74) is 0. The van der Waals surface area contributed by atoms with E-state index in [1.54, 1.807) is 11.8 Å². The Hall–Kier alpha value is -0.240. The number of allylic oxidation sites excluding steroid dienone is 1. The van der Waals surface area contributed by atoms with E-state index in [1.807, 2.05) is 0 Å². The maximum Gasteiger partial charge on any atom is 0.149 e. The molecule has 1 aliphatic heterocycles. The zero-order chi connectivity index (χ0) is 9.10. The minimum absolute atomic E-state index is 0.267. The van der Waals surface area contributed by atoms with E-state index in [-0.39, 0.29) is 5.25 Å². The lowest BCUT2D eigenvalue weighted by atomic mass is 9.85. The van der Waals surface area contributed by atoms with Crippen LogP contribution in [-0.2, 0) is 4.79 Å². The third kappa shape index (κ3) is 2.16. The Labute approximate surface area is 84.0 Å². The van der Waals surface area contributed by atoms with Crippen molar-refractivity contribution in [1.82, 2.24) is 0 Å². The van der Waals surface area contributed by atoms with Crippen molar-refractivity contribution in [3.05, 3.63) is 11.5 Å². The van der Waals surface area contributed by atoms with Gasteiger partial charge in [0.15, 0.2) is 0 Å². The van der Waals surface area contributed by atoms with E-state index in [1.165, 1.54) is 19.3 Å². The number of rotatable bonds is 2. The minimum Gasteiger partial charge on any atom is -0.298 e. The maximum atomic E-state index is 11.9. The highest BCUT2D eigenvalue weighted by atomic mass is 32.2. The number of carbonyl (C=O) groups is 1. The highest BCUT2D eigenvalue weighted by Gasteiger charge is 2.28. The molecule has 1 fully saturated rings. The lowest BCUT2D eigenvalue weighted by molar-refractivity contribution is -0.123. The Balaban J connectivity index is 1.88. The first-order chi connectivity index (χ1) is 6.38. The molecule has 1 aliphatic carbocycles. The second-order valence-corrected chi connectivity index (χ2v) is 5.08. The van der Waals surface area contributed by atoms with Crippen LogP contribution in [0.25, 0.3) is 0 Å². The van der Waals surface area contributed by atoms with Gasteiger partial charge in [-0.3, -0.25) is 4.79 Å². The first kappa shape index (κ1) is 9.32. The van der Waals surface area contributed by atoms with Gasteiger partial charge in [-0.25, -0.2) is 0 Å². The van der Waals surface area contributed by atoms with Crippen molar-refractivity contribution < 1.29 is 4.79 Å². The van der Waals surface area contributed by atoms with E-state index < -0.39 is 0 Å². The molecule has 2 heteroatoms. The number of thioether (sulfide) groups is 1. The number of hydrogen-bond acceptors (Lipinski definition) is 2. The molecule has 0 bridgehead atoms. The number of hydrogen-bond donors (Lipinski definition) is 0. The normalized spacial score (nSPS) is 29.4. The van der Waals surface area contributed by atoms with Crippen LogP contribution in [0.5, 0.6) is 0 Å². The van der Waals surface area contributed by atoms with Crippen LogP contribution in [0.4, 0.5) is 0 Å². The first-order valence-corrected chi connectivity index (χ1v) is 6.16. The van der Waals surface area contributed by atoms with Crippen LogP contribution in [-0.4, -0.2) is 11.0 Å². The van der Waals surface area contributed by atoms with Gasteiger partial charge in [0.2, 0.25) is 0 Å². The van der Waals surface area contributed by atoms with Crippen molar-refractivity contribution in [2.75, 3.05) is 0 Å². The highest BCUT2D eigenvalue weighted by Crippen LogP contribution is 2.32. The van der Waals surface area contributed by atoms with E-state index in [0.717, 1.165) is 19.3 Å². The van der Waals surface area contributed by atoms with Crippen molar-refractivity contribution in [3.63, 3.8) is 0 Å². The van der Waals surface area contributed by atoms with Gasteiger partial charge in [-0.15, -0.1) is 11.8 Å². The second-order valence-electron chi connectivity index (χ2n) is 3.97. The van der Waals surface area contributed by atoms with Crippen molar-refractivity contribution in [3.8, 4) is 0 Å². The van der Waals surface area contributed by atoms with E-state index in [4.69, 9.17) is 0 Å². The number of Topliss-reactive ketones (excluding diaryl/α,β-unsaturated/α-hetero) is 1. The summed E-state index contributed by atoms with van der Waals surface area (Å²) in [6, 6.07) is 0. The average molecular weight is 196 g/mol. The van der Waals surface area contributed by atoms with Gasteiger partial charge >= 0.3 is 0 Å². The third-order valence-corrected chi connectivity index (χ3v) is 4.12. The largest absolute Gasteiger partial charge is 0.298 e. The Morgan fingerprint density at radius 2 is 2.00 bits per heavy atom. The van der Waals surface area contributed by atoms with Crippen LogP contribution in [0.2, 0.25) is 0 Å². The zero-order valence-electron chi connectivity index (χ0n) is 7.87. The van der Waals surface area contributed by atoms with Gasteiger partial charge in [-0.05, 0) is 24.7 Å². The molecule has 1 unspecified atom stereocenters. The Kier molecular flexibility index (Phi) is 3.09. The predicted molar refractivity (Wildman–Crippen MR) is 56.7 cm³/mol. The standard InChI is InChI=1S/C11H16OS/c12-11(10-7-4-8-13-10)9-5-2-1-3-6-9/h4,8-10H,1-3,5-7H2. The fraction of sp³-hybridized carbons (Fsp3) is 0.727. The van der Waals surface area contributed by atoms with Gasteiger partial charge < -0.3 is 0 Å². The van der Waals surface area contributed by atoms with Crippen LogP contribution < -0.4 is 0 Å². The van der Waals surface area contributed by atoms with E-state index in [0.29, 0.717) is 11.7 Å². The van der Waals surface area contributed by atoms with E-state index in [9.17, 15) is 4.79 Å². The van der Waals surface area contributed by atoms with Gasteiger partial charge in [0.1, 0.15) is 5.78 Å². The molecular formula is C11H16OS. The average Bonchev–Trinajstić information content (AvgIpc) is 2.71. The van der Waals surface area contributed by atoms with Gasteiger partial charge in [-0.1, -0.05) is 25.3 Å². The van der Waals surface area contributed by atoms with Crippen LogP contribution in [0.3, 0.4) is 0 Å². The molecule has 0 aromatic carbocycles. The van der Waals surface area contributed by atoms with Crippen LogP contribution >= 0.6 is 11.8 Å². The quantitative estimate of drug-likeness (QED) is 0.675. The SMILES string of the molecule is O=C(C1CCCCC1)C1CC=CS1. The fourth-order valence-electron chi connectivity index (χ4n) is 2.22. The molecule has 1 atom stereocenters. The van der Waals surface area contributed by atoms with Crippen molar-refractivity contribution >= 4 is 17.5 Å². The summed E-state index contributed by atoms with van der Waals surface area (Å²) in [7, 11) is 0. The summed E-state index contributed by atoms with van der Waals surface area (Å²) in [5, 5.41) is 2.34. The monoisotopic (exact) mass is 196 g/mol. The summed E-state index contributed by atoms with van der Waals surface area (Å²) >= 11 is 1.71. The summed E-state index contributed by atoms with van der Waals surface area (Å²) < 4.78 is 0. The lowest BCUT2D eigenvalue weighted by Gasteiger charge is -2.22. The van der Waals surface area contributed by atoms with E-state index in [2.05, 4.69) is 11.5 Å². The Bertz CT molecular complexity index is 208. The molecule has 0 saturated heterocycles. The smallest absolute Gasteiger partial charge is 0.149 e. The minimum atomic E-state index is 0.267. The summed E-state index contributed by atoms with van der Waals surface area (Å²) in [4.78, 5) is 11.9. The Morgan fingerprint density at radius 1 is 1.23 bits per heavy atom. The predicted octanol–water partition coefficient (Wildman–Crippen LogP) is 3.16. The number of ketones is 1.